The van der Waals surface area contributed by atoms with E-state index >= 15 is 0 Å². The van der Waals surface area contributed by atoms with Crippen molar-refractivity contribution in [3.63, 3.8) is 0 Å². The highest BCUT2D eigenvalue weighted by Gasteiger charge is 2.20. The molecular weight excluding hydrogens is 320 g/mol. The van der Waals surface area contributed by atoms with Crippen molar-refractivity contribution in [3.8, 4) is 11.6 Å². The fraction of sp³-hybridized carbons (Fsp3) is 0.364. The van der Waals surface area contributed by atoms with Crippen molar-refractivity contribution < 1.29 is 0 Å². The average molecular weight is 346 g/mol. The summed E-state index contributed by atoms with van der Waals surface area (Å²) in [6.07, 6.45) is 0. The van der Waals surface area contributed by atoms with Gasteiger partial charge in [0.25, 0.3) is 0 Å². The standard InChI is InChI=1S/C22H26N4/c1-15(2)13-25-19-11-7-5-9-17(19)23-21(25)22-24-18-10-6-8-12-20(18)26(22)14-16(3)4/h5-12,15-16H,13-14H2,1-4H3. The summed E-state index contributed by atoms with van der Waals surface area (Å²) in [7, 11) is 0. The summed E-state index contributed by atoms with van der Waals surface area (Å²) in [5, 5.41) is 0. The first-order valence-electron chi connectivity index (χ1n) is 9.45. The number of fused-ring (bicyclic) bond motifs is 2. The number of nitrogens with zero attached hydrogens (tertiary/aromatic N) is 4. The van der Waals surface area contributed by atoms with Crippen LogP contribution in [0.4, 0.5) is 0 Å². The quantitative estimate of drug-likeness (QED) is 0.487. The number of hydrogen-bond acceptors (Lipinski definition) is 2. The predicted octanol–water partition coefficient (Wildman–Crippen LogP) is 5.37. The van der Waals surface area contributed by atoms with Crippen LogP contribution >= 0.6 is 0 Å². The molecular formula is C22H26N4. The third kappa shape index (κ3) is 2.90. The molecule has 4 rings (SSSR count). The molecule has 2 aromatic carbocycles. The van der Waals surface area contributed by atoms with E-state index < -0.39 is 0 Å². The van der Waals surface area contributed by atoms with Gasteiger partial charge < -0.3 is 9.13 Å². The molecule has 0 unspecified atom stereocenters. The molecule has 2 aromatic heterocycles. The van der Waals surface area contributed by atoms with Crippen LogP contribution in [0, 0.1) is 11.8 Å². The minimum atomic E-state index is 0.536. The lowest BCUT2D eigenvalue weighted by Gasteiger charge is -2.14. The zero-order chi connectivity index (χ0) is 18.3. The second-order valence-corrected chi connectivity index (χ2v) is 7.86. The highest BCUT2D eigenvalue weighted by Crippen LogP contribution is 2.29. The third-order valence-corrected chi connectivity index (χ3v) is 4.60. The van der Waals surface area contributed by atoms with Gasteiger partial charge in [0.2, 0.25) is 0 Å². The van der Waals surface area contributed by atoms with Crippen molar-refractivity contribution in [2.45, 2.75) is 40.8 Å². The first-order chi connectivity index (χ1) is 12.5. The lowest BCUT2D eigenvalue weighted by molar-refractivity contribution is 0.521. The minimum absolute atomic E-state index is 0.536. The SMILES string of the molecule is CC(C)Cn1c(-c2nc3ccccc3n2CC(C)C)nc2ccccc21. The van der Waals surface area contributed by atoms with E-state index in [2.05, 4.69) is 85.4 Å². The van der Waals surface area contributed by atoms with Gasteiger partial charge in [0.05, 0.1) is 22.1 Å². The Balaban J connectivity index is 2.00. The van der Waals surface area contributed by atoms with Crippen LogP contribution in [0.15, 0.2) is 48.5 Å². The zero-order valence-electron chi connectivity index (χ0n) is 16.0. The molecule has 0 aliphatic rings. The van der Waals surface area contributed by atoms with Crippen LogP contribution in [0.1, 0.15) is 27.7 Å². The maximum atomic E-state index is 4.98. The number of benzene rings is 2. The van der Waals surface area contributed by atoms with E-state index in [1.165, 1.54) is 11.0 Å². The number of imidazole rings is 2. The Morgan fingerprint density at radius 2 is 1.04 bits per heavy atom. The molecule has 4 heteroatoms. The van der Waals surface area contributed by atoms with E-state index in [0.29, 0.717) is 11.8 Å². The molecule has 0 N–H and O–H groups in total. The van der Waals surface area contributed by atoms with Gasteiger partial charge in [-0.1, -0.05) is 52.0 Å². The summed E-state index contributed by atoms with van der Waals surface area (Å²) >= 11 is 0. The minimum Gasteiger partial charge on any atom is -0.321 e. The fourth-order valence-electron chi connectivity index (χ4n) is 3.59. The van der Waals surface area contributed by atoms with Crippen LogP contribution in [0.2, 0.25) is 0 Å². The fourth-order valence-corrected chi connectivity index (χ4v) is 3.59. The molecule has 0 fully saturated rings. The maximum absolute atomic E-state index is 4.98. The molecule has 26 heavy (non-hydrogen) atoms. The van der Waals surface area contributed by atoms with Crippen molar-refractivity contribution >= 4 is 22.1 Å². The molecule has 4 nitrogen and oxygen atoms in total. The van der Waals surface area contributed by atoms with Crippen LogP contribution in [0.25, 0.3) is 33.7 Å². The van der Waals surface area contributed by atoms with Crippen LogP contribution < -0.4 is 0 Å². The van der Waals surface area contributed by atoms with E-state index in [0.717, 1.165) is 35.8 Å². The van der Waals surface area contributed by atoms with Gasteiger partial charge in [-0.25, -0.2) is 9.97 Å². The lowest BCUT2D eigenvalue weighted by atomic mass is 10.2. The van der Waals surface area contributed by atoms with E-state index in [9.17, 15) is 0 Å². The van der Waals surface area contributed by atoms with Gasteiger partial charge in [-0.3, -0.25) is 0 Å². The largest absolute Gasteiger partial charge is 0.321 e. The first-order valence-corrected chi connectivity index (χ1v) is 9.45. The summed E-state index contributed by atoms with van der Waals surface area (Å²) in [5.74, 6) is 3.01. The Labute approximate surface area is 154 Å². The summed E-state index contributed by atoms with van der Waals surface area (Å²) in [5.41, 5.74) is 4.43. The van der Waals surface area contributed by atoms with Crippen molar-refractivity contribution in [1.82, 2.24) is 19.1 Å². The molecule has 0 aliphatic carbocycles. The molecule has 0 amide bonds. The van der Waals surface area contributed by atoms with E-state index in [1.54, 1.807) is 0 Å². The lowest BCUT2D eigenvalue weighted by Crippen LogP contribution is -2.11. The van der Waals surface area contributed by atoms with Gasteiger partial charge in [0, 0.05) is 13.1 Å². The Morgan fingerprint density at radius 1 is 0.654 bits per heavy atom. The molecule has 0 radical (unpaired) electrons. The van der Waals surface area contributed by atoms with Gasteiger partial charge in [-0.2, -0.15) is 0 Å². The highest BCUT2D eigenvalue weighted by molar-refractivity contribution is 5.83. The number of para-hydroxylation sites is 4. The molecule has 0 saturated carbocycles. The molecule has 4 aromatic rings. The second kappa shape index (κ2) is 6.60. The first kappa shape index (κ1) is 16.8. The van der Waals surface area contributed by atoms with E-state index in [-0.39, 0.29) is 0 Å². The molecule has 0 bridgehead atoms. The summed E-state index contributed by atoms with van der Waals surface area (Å²) in [4.78, 5) is 9.96. The number of hydrogen-bond donors (Lipinski definition) is 0. The Kier molecular flexibility index (Phi) is 4.27. The van der Waals surface area contributed by atoms with E-state index in [1.807, 2.05) is 0 Å². The Hall–Kier alpha value is -2.62. The molecule has 0 atom stereocenters. The summed E-state index contributed by atoms with van der Waals surface area (Å²) < 4.78 is 4.66. The zero-order valence-corrected chi connectivity index (χ0v) is 16.0. The molecule has 134 valence electrons. The van der Waals surface area contributed by atoms with Gasteiger partial charge in [-0.05, 0) is 36.1 Å². The van der Waals surface area contributed by atoms with Crippen molar-refractivity contribution in [1.29, 1.82) is 0 Å². The molecule has 0 saturated heterocycles. The predicted molar refractivity (Wildman–Crippen MR) is 108 cm³/mol. The third-order valence-electron chi connectivity index (χ3n) is 4.60. The summed E-state index contributed by atoms with van der Waals surface area (Å²) in [6, 6.07) is 16.8. The van der Waals surface area contributed by atoms with Crippen LogP contribution in [0.3, 0.4) is 0 Å². The number of aromatic nitrogens is 4. The molecule has 0 aliphatic heterocycles. The Bertz CT molecular complexity index is 967. The van der Waals surface area contributed by atoms with Crippen LogP contribution in [0.5, 0.6) is 0 Å². The van der Waals surface area contributed by atoms with Crippen molar-refractivity contribution in [2.24, 2.45) is 11.8 Å². The second-order valence-electron chi connectivity index (χ2n) is 7.86. The average Bonchev–Trinajstić information content (AvgIpc) is 3.13. The Morgan fingerprint density at radius 3 is 1.42 bits per heavy atom. The summed E-state index contributed by atoms with van der Waals surface area (Å²) in [6.45, 7) is 10.8. The molecule has 0 spiro atoms. The highest BCUT2D eigenvalue weighted by atomic mass is 15.2. The number of rotatable bonds is 5. The molecule has 2 heterocycles. The maximum Gasteiger partial charge on any atom is 0.177 e. The van der Waals surface area contributed by atoms with Gasteiger partial charge >= 0.3 is 0 Å². The van der Waals surface area contributed by atoms with Gasteiger partial charge in [0.15, 0.2) is 11.6 Å². The topological polar surface area (TPSA) is 35.6 Å². The van der Waals surface area contributed by atoms with Crippen LogP contribution in [-0.2, 0) is 13.1 Å². The normalized spacial score (nSPS) is 12.1. The van der Waals surface area contributed by atoms with Gasteiger partial charge in [0.1, 0.15) is 0 Å². The van der Waals surface area contributed by atoms with E-state index in [4.69, 9.17) is 9.97 Å². The smallest absolute Gasteiger partial charge is 0.177 e. The monoisotopic (exact) mass is 346 g/mol. The van der Waals surface area contributed by atoms with Crippen LogP contribution in [-0.4, -0.2) is 19.1 Å². The van der Waals surface area contributed by atoms with Gasteiger partial charge in [-0.15, -0.1) is 0 Å². The van der Waals surface area contributed by atoms with Crippen molar-refractivity contribution in [2.75, 3.05) is 0 Å². The van der Waals surface area contributed by atoms with Crippen molar-refractivity contribution in [3.05, 3.63) is 48.5 Å².